The third kappa shape index (κ3) is 3.51. The number of carbonyl (C=O) groups is 1. The van der Waals surface area contributed by atoms with Gasteiger partial charge in [-0.1, -0.05) is 0 Å². The van der Waals surface area contributed by atoms with E-state index in [0.29, 0.717) is 11.4 Å². The smallest absolute Gasteiger partial charge is 0.274 e. The van der Waals surface area contributed by atoms with Crippen LogP contribution in [0.5, 0.6) is 0 Å². The maximum atomic E-state index is 11.7. The minimum Gasteiger partial charge on any atom is -0.319 e. The largest absolute Gasteiger partial charge is 0.319 e. The van der Waals surface area contributed by atoms with Gasteiger partial charge in [-0.15, -0.1) is 11.8 Å². The zero-order chi connectivity index (χ0) is 12.0. The van der Waals surface area contributed by atoms with E-state index < -0.39 is 0 Å². The standard InChI is InChI=1S/C11H13N3OS/c1-8-4-5-9(6-13-8)14-11(15)10(12-2)7-16-3/h4-7H,2H2,1,3H3,(H,14,15)/b10-7-. The van der Waals surface area contributed by atoms with Gasteiger partial charge >= 0.3 is 0 Å². The highest BCUT2D eigenvalue weighted by Gasteiger charge is 2.07. The topological polar surface area (TPSA) is 54.4 Å². The predicted molar refractivity (Wildman–Crippen MR) is 68.8 cm³/mol. The molecule has 0 saturated carbocycles. The van der Waals surface area contributed by atoms with E-state index in [1.807, 2.05) is 19.2 Å². The highest BCUT2D eigenvalue weighted by molar-refractivity contribution is 8.01. The Morgan fingerprint density at radius 1 is 1.62 bits per heavy atom. The number of pyridine rings is 1. The molecule has 4 nitrogen and oxygen atoms in total. The molecule has 0 atom stereocenters. The molecular weight excluding hydrogens is 222 g/mol. The minimum atomic E-state index is -0.282. The lowest BCUT2D eigenvalue weighted by atomic mass is 10.3. The Morgan fingerprint density at radius 2 is 2.38 bits per heavy atom. The van der Waals surface area contributed by atoms with Crippen LogP contribution in [-0.4, -0.2) is 23.9 Å². The molecule has 0 aliphatic heterocycles. The molecular formula is C11H13N3OS. The normalized spacial score (nSPS) is 11.0. The lowest BCUT2D eigenvalue weighted by Crippen LogP contribution is -2.13. The fourth-order valence-electron chi connectivity index (χ4n) is 1.01. The number of amides is 1. The van der Waals surface area contributed by atoms with Crippen molar-refractivity contribution in [2.75, 3.05) is 11.6 Å². The van der Waals surface area contributed by atoms with Crippen molar-refractivity contribution in [3.63, 3.8) is 0 Å². The van der Waals surface area contributed by atoms with Gasteiger partial charge < -0.3 is 5.32 Å². The molecule has 0 aromatic carbocycles. The summed E-state index contributed by atoms with van der Waals surface area (Å²) in [6.45, 7) is 5.23. The minimum absolute atomic E-state index is 0.282. The molecule has 0 aliphatic rings. The number of nitrogens with one attached hydrogen (secondary N) is 1. The van der Waals surface area contributed by atoms with E-state index in [9.17, 15) is 4.79 Å². The van der Waals surface area contributed by atoms with Crippen molar-refractivity contribution in [1.29, 1.82) is 0 Å². The molecule has 1 heterocycles. The summed E-state index contributed by atoms with van der Waals surface area (Å²) in [4.78, 5) is 19.4. The Morgan fingerprint density at radius 3 is 2.88 bits per heavy atom. The van der Waals surface area contributed by atoms with Crippen molar-refractivity contribution in [1.82, 2.24) is 4.98 Å². The molecule has 16 heavy (non-hydrogen) atoms. The third-order valence-corrected chi connectivity index (χ3v) is 2.26. The molecule has 1 rings (SSSR count). The van der Waals surface area contributed by atoms with Crippen LogP contribution in [0.3, 0.4) is 0 Å². The van der Waals surface area contributed by atoms with Crippen molar-refractivity contribution < 1.29 is 4.79 Å². The molecule has 1 N–H and O–H groups in total. The first-order chi connectivity index (χ1) is 7.67. The summed E-state index contributed by atoms with van der Waals surface area (Å²) in [7, 11) is 0. The van der Waals surface area contributed by atoms with Crippen molar-refractivity contribution >= 4 is 30.1 Å². The van der Waals surface area contributed by atoms with Gasteiger partial charge in [0.05, 0.1) is 11.9 Å². The Hall–Kier alpha value is -1.62. The average Bonchev–Trinajstić information content (AvgIpc) is 2.29. The molecule has 0 saturated heterocycles. The molecule has 5 heteroatoms. The molecule has 0 fully saturated rings. The van der Waals surface area contributed by atoms with Gasteiger partial charge in [-0.3, -0.25) is 14.8 Å². The van der Waals surface area contributed by atoms with E-state index in [-0.39, 0.29) is 5.91 Å². The van der Waals surface area contributed by atoms with Gasteiger partial charge in [-0.05, 0) is 32.0 Å². The number of nitrogens with zero attached hydrogens (tertiary/aromatic N) is 2. The maximum absolute atomic E-state index is 11.7. The number of aromatic nitrogens is 1. The summed E-state index contributed by atoms with van der Waals surface area (Å²) in [6, 6.07) is 3.62. The summed E-state index contributed by atoms with van der Waals surface area (Å²) in [6.07, 6.45) is 3.46. The predicted octanol–water partition coefficient (Wildman–Crippen LogP) is 2.23. The molecule has 84 valence electrons. The molecule has 1 aromatic heterocycles. The number of anilines is 1. The van der Waals surface area contributed by atoms with E-state index >= 15 is 0 Å². The van der Waals surface area contributed by atoms with Crippen molar-refractivity contribution in [3.05, 3.63) is 35.1 Å². The number of aliphatic imine (C=N–C) groups is 1. The second-order valence-electron chi connectivity index (χ2n) is 3.04. The van der Waals surface area contributed by atoms with E-state index in [1.54, 1.807) is 17.7 Å². The van der Waals surface area contributed by atoms with Gasteiger partial charge in [-0.2, -0.15) is 0 Å². The number of aryl methyl sites for hydroxylation is 1. The lowest BCUT2D eigenvalue weighted by molar-refractivity contribution is -0.112. The number of thioether (sulfide) groups is 1. The molecule has 0 radical (unpaired) electrons. The van der Waals surface area contributed by atoms with Crippen LogP contribution in [0, 0.1) is 6.92 Å². The monoisotopic (exact) mass is 235 g/mol. The van der Waals surface area contributed by atoms with Crippen LogP contribution < -0.4 is 5.32 Å². The van der Waals surface area contributed by atoms with Crippen LogP contribution in [0.4, 0.5) is 5.69 Å². The van der Waals surface area contributed by atoms with Gasteiger partial charge in [0.2, 0.25) is 0 Å². The molecule has 1 aromatic rings. The quantitative estimate of drug-likeness (QED) is 0.643. The van der Waals surface area contributed by atoms with Crippen LogP contribution in [0.2, 0.25) is 0 Å². The number of hydrogen-bond acceptors (Lipinski definition) is 4. The lowest BCUT2D eigenvalue weighted by Gasteiger charge is -2.04. The van der Waals surface area contributed by atoms with Gasteiger partial charge in [0.15, 0.2) is 0 Å². The van der Waals surface area contributed by atoms with E-state index in [1.165, 1.54) is 11.8 Å². The summed E-state index contributed by atoms with van der Waals surface area (Å²) < 4.78 is 0. The van der Waals surface area contributed by atoms with Crippen LogP contribution >= 0.6 is 11.8 Å². The number of carbonyl (C=O) groups excluding carboxylic acids is 1. The molecule has 0 aliphatic carbocycles. The first kappa shape index (κ1) is 12.4. The Balaban J connectivity index is 2.74. The maximum Gasteiger partial charge on any atom is 0.274 e. The van der Waals surface area contributed by atoms with Crippen LogP contribution in [-0.2, 0) is 4.79 Å². The first-order valence-corrected chi connectivity index (χ1v) is 5.90. The van der Waals surface area contributed by atoms with Crippen LogP contribution in [0.25, 0.3) is 0 Å². The molecule has 0 spiro atoms. The highest BCUT2D eigenvalue weighted by atomic mass is 32.2. The third-order valence-electron chi connectivity index (χ3n) is 1.80. The van der Waals surface area contributed by atoms with E-state index in [0.717, 1.165) is 5.69 Å². The Kier molecular flexibility index (Phi) is 4.72. The molecule has 1 amide bonds. The van der Waals surface area contributed by atoms with Gasteiger partial charge in [0, 0.05) is 11.1 Å². The van der Waals surface area contributed by atoms with Crippen LogP contribution in [0.1, 0.15) is 5.69 Å². The number of rotatable bonds is 4. The summed E-state index contributed by atoms with van der Waals surface area (Å²) in [5, 5.41) is 4.33. The van der Waals surface area contributed by atoms with Crippen molar-refractivity contribution in [3.8, 4) is 0 Å². The zero-order valence-electron chi connectivity index (χ0n) is 9.23. The summed E-state index contributed by atoms with van der Waals surface area (Å²) in [5.41, 5.74) is 1.85. The summed E-state index contributed by atoms with van der Waals surface area (Å²) in [5.74, 6) is -0.282. The Bertz CT molecular complexity index is 412. The van der Waals surface area contributed by atoms with E-state index in [4.69, 9.17) is 0 Å². The Labute approximate surface area is 98.9 Å². The van der Waals surface area contributed by atoms with Crippen molar-refractivity contribution in [2.45, 2.75) is 6.92 Å². The summed E-state index contributed by atoms with van der Waals surface area (Å²) >= 11 is 1.40. The molecule has 0 bridgehead atoms. The van der Waals surface area contributed by atoms with Gasteiger partial charge in [0.25, 0.3) is 5.91 Å². The van der Waals surface area contributed by atoms with E-state index in [2.05, 4.69) is 22.0 Å². The highest BCUT2D eigenvalue weighted by Crippen LogP contribution is 2.10. The fraction of sp³-hybridized carbons (Fsp3) is 0.182. The molecule has 0 unspecified atom stereocenters. The van der Waals surface area contributed by atoms with Crippen molar-refractivity contribution in [2.24, 2.45) is 4.99 Å². The average molecular weight is 235 g/mol. The first-order valence-electron chi connectivity index (χ1n) is 4.61. The number of hydrogen-bond donors (Lipinski definition) is 1. The SMILES string of the molecule is C=N/C(=C\SC)C(=O)Nc1ccc(C)nc1. The van der Waals surface area contributed by atoms with Crippen LogP contribution in [0.15, 0.2) is 34.4 Å². The van der Waals surface area contributed by atoms with Gasteiger partial charge in [-0.25, -0.2) is 0 Å². The second-order valence-corrected chi connectivity index (χ2v) is 3.75. The fourth-order valence-corrected chi connectivity index (χ4v) is 1.42. The van der Waals surface area contributed by atoms with Gasteiger partial charge in [0.1, 0.15) is 5.70 Å². The second kappa shape index (κ2) is 6.07. The zero-order valence-corrected chi connectivity index (χ0v) is 10.0.